The first kappa shape index (κ1) is 24.5. The third kappa shape index (κ3) is 5.71. The molecule has 1 aliphatic rings. The topological polar surface area (TPSA) is 105 Å². The number of hydrogen-bond acceptors (Lipinski definition) is 4. The molecule has 0 saturated heterocycles. The molecule has 0 radical (unpaired) electrons. The van der Waals surface area contributed by atoms with Gasteiger partial charge >= 0.3 is 12.1 Å². The Balaban J connectivity index is 1.43. The number of benzene rings is 3. The van der Waals surface area contributed by atoms with Gasteiger partial charge in [0.25, 0.3) is 0 Å². The lowest BCUT2D eigenvalue weighted by Crippen LogP contribution is -2.44. The van der Waals surface area contributed by atoms with E-state index >= 15 is 0 Å². The number of aliphatic carboxylic acids is 1. The van der Waals surface area contributed by atoms with Crippen molar-refractivity contribution in [2.75, 3.05) is 11.9 Å². The summed E-state index contributed by atoms with van der Waals surface area (Å²) in [5.74, 6) is -1.69. The van der Waals surface area contributed by atoms with Crippen LogP contribution in [0.25, 0.3) is 11.1 Å². The Hall–Kier alpha value is -3.65. The zero-order chi connectivity index (χ0) is 24.9. The van der Waals surface area contributed by atoms with Crippen LogP contribution < -0.4 is 10.6 Å². The van der Waals surface area contributed by atoms with Crippen molar-refractivity contribution in [2.24, 2.45) is 0 Å². The van der Waals surface area contributed by atoms with E-state index < -0.39 is 24.0 Å². The maximum atomic E-state index is 12.9. The number of nitrogens with one attached hydrogen (secondary N) is 2. The minimum Gasteiger partial charge on any atom is -0.481 e. The fourth-order valence-electron chi connectivity index (χ4n) is 4.27. The molecule has 0 spiro atoms. The number of ether oxygens (including phenoxy) is 1. The van der Waals surface area contributed by atoms with Gasteiger partial charge in [-0.1, -0.05) is 64.5 Å². The molecule has 1 atom stereocenters. The lowest BCUT2D eigenvalue weighted by atomic mass is 9.98. The van der Waals surface area contributed by atoms with Crippen LogP contribution in [-0.4, -0.2) is 35.7 Å². The molecule has 7 nitrogen and oxygen atoms in total. The SMILES string of the molecule is Cc1cc(NC(=O)C(CCC(=O)O)NC(=O)OCC2c3ccccc3-c3ccccc32)ccc1Br. The van der Waals surface area contributed by atoms with E-state index in [0.29, 0.717) is 5.69 Å². The molecule has 1 unspecified atom stereocenters. The Bertz CT molecular complexity index is 1230. The first-order valence-corrected chi connectivity index (χ1v) is 12.0. The number of halogens is 1. The third-order valence-corrected chi connectivity index (χ3v) is 6.91. The van der Waals surface area contributed by atoms with Crippen LogP contribution in [0.2, 0.25) is 0 Å². The van der Waals surface area contributed by atoms with Crippen molar-refractivity contribution >= 4 is 39.6 Å². The molecular formula is C27H25BrN2O5. The van der Waals surface area contributed by atoms with E-state index in [1.165, 1.54) is 0 Å². The summed E-state index contributed by atoms with van der Waals surface area (Å²) in [5.41, 5.74) is 5.85. The second-order valence-corrected chi connectivity index (χ2v) is 9.26. The average molecular weight is 537 g/mol. The van der Waals surface area contributed by atoms with Gasteiger partial charge in [-0.2, -0.15) is 0 Å². The number of hydrogen-bond donors (Lipinski definition) is 3. The highest BCUT2D eigenvalue weighted by atomic mass is 79.9. The molecule has 8 heteroatoms. The van der Waals surface area contributed by atoms with Crippen LogP contribution in [0.15, 0.2) is 71.2 Å². The van der Waals surface area contributed by atoms with E-state index in [1.807, 2.05) is 55.5 Å². The maximum Gasteiger partial charge on any atom is 0.407 e. The van der Waals surface area contributed by atoms with E-state index in [4.69, 9.17) is 9.84 Å². The highest BCUT2D eigenvalue weighted by Gasteiger charge is 2.30. The Morgan fingerprint density at radius 2 is 1.63 bits per heavy atom. The number of carbonyl (C=O) groups is 3. The summed E-state index contributed by atoms with van der Waals surface area (Å²) in [5, 5.41) is 14.4. The fraction of sp³-hybridized carbons (Fsp3) is 0.222. The molecule has 0 aliphatic heterocycles. The van der Waals surface area contributed by atoms with Gasteiger partial charge in [0.2, 0.25) is 5.91 Å². The number of alkyl carbamates (subject to hydrolysis) is 1. The first-order valence-electron chi connectivity index (χ1n) is 11.2. The summed E-state index contributed by atoms with van der Waals surface area (Å²) in [7, 11) is 0. The summed E-state index contributed by atoms with van der Waals surface area (Å²) in [6, 6.07) is 20.2. The number of rotatable bonds is 8. The van der Waals surface area contributed by atoms with E-state index in [-0.39, 0.29) is 25.4 Å². The van der Waals surface area contributed by atoms with Crippen LogP contribution in [0.5, 0.6) is 0 Å². The van der Waals surface area contributed by atoms with Crippen LogP contribution in [0.3, 0.4) is 0 Å². The standard InChI is InChI=1S/C27H25BrN2O5/c1-16-14-17(10-11-23(16)28)29-26(33)24(12-13-25(31)32)30-27(34)35-15-22-20-8-4-2-6-18(20)19-7-3-5-9-21(19)22/h2-11,14,22,24H,12-13,15H2,1H3,(H,29,33)(H,30,34)(H,31,32). The van der Waals surface area contributed by atoms with Gasteiger partial charge in [0.15, 0.2) is 0 Å². The molecule has 0 fully saturated rings. The van der Waals surface area contributed by atoms with Crippen molar-refractivity contribution in [3.05, 3.63) is 87.9 Å². The second-order valence-electron chi connectivity index (χ2n) is 8.41. The van der Waals surface area contributed by atoms with Gasteiger partial charge in [-0.3, -0.25) is 9.59 Å². The maximum absolute atomic E-state index is 12.9. The molecule has 0 bridgehead atoms. The van der Waals surface area contributed by atoms with E-state index in [0.717, 1.165) is 32.3 Å². The summed E-state index contributed by atoms with van der Waals surface area (Å²) < 4.78 is 6.43. The second kappa shape index (κ2) is 10.7. The molecule has 180 valence electrons. The smallest absolute Gasteiger partial charge is 0.407 e. The zero-order valence-electron chi connectivity index (χ0n) is 19.1. The number of carboxylic acids is 1. The zero-order valence-corrected chi connectivity index (χ0v) is 20.7. The van der Waals surface area contributed by atoms with E-state index in [2.05, 4.69) is 26.6 Å². The predicted molar refractivity (Wildman–Crippen MR) is 136 cm³/mol. The number of fused-ring (bicyclic) bond motifs is 3. The summed E-state index contributed by atoms with van der Waals surface area (Å²) in [4.78, 5) is 36.6. The monoisotopic (exact) mass is 536 g/mol. The van der Waals surface area contributed by atoms with Crippen LogP contribution in [-0.2, 0) is 14.3 Å². The van der Waals surface area contributed by atoms with Crippen LogP contribution in [0.4, 0.5) is 10.5 Å². The average Bonchev–Trinajstić information content (AvgIpc) is 3.16. The Morgan fingerprint density at radius 3 is 2.23 bits per heavy atom. The molecule has 0 saturated carbocycles. The Labute approximate surface area is 211 Å². The fourth-order valence-corrected chi connectivity index (χ4v) is 4.52. The van der Waals surface area contributed by atoms with Gasteiger partial charge in [0, 0.05) is 22.5 Å². The van der Waals surface area contributed by atoms with Crippen molar-refractivity contribution in [1.29, 1.82) is 0 Å². The lowest BCUT2D eigenvalue weighted by Gasteiger charge is -2.19. The number of carboxylic acid groups (broad SMARTS) is 1. The Kier molecular flexibility index (Phi) is 7.51. The van der Waals surface area contributed by atoms with Gasteiger partial charge in [-0.15, -0.1) is 0 Å². The molecule has 3 N–H and O–H groups in total. The highest BCUT2D eigenvalue weighted by Crippen LogP contribution is 2.44. The van der Waals surface area contributed by atoms with Gasteiger partial charge < -0.3 is 20.5 Å². The van der Waals surface area contributed by atoms with Crippen LogP contribution in [0, 0.1) is 6.92 Å². The van der Waals surface area contributed by atoms with Crippen molar-refractivity contribution in [1.82, 2.24) is 5.32 Å². The van der Waals surface area contributed by atoms with E-state index in [1.54, 1.807) is 18.2 Å². The molecule has 35 heavy (non-hydrogen) atoms. The molecule has 3 aromatic carbocycles. The van der Waals surface area contributed by atoms with Gasteiger partial charge in [0.1, 0.15) is 12.6 Å². The molecule has 3 aromatic rings. The van der Waals surface area contributed by atoms with Crippen LogP contribution in [0.1, 0.15) is 35.4 Å². The lowest BCUT2D eigenvalue weighted by molar-refractivity contribution is -0.137. The molecule has 0 aromatic heterocycles. The molecule has 0 heterocycles. The van der Waals surface area contributed by atoms with Crippen LogP contribution >= 0.6 is 15.9 Å². The molecular weight excluding hydrogens is 512 g/mol. The highest BCUT2D eigenvalue weighted by molar-refractivity contribution is 9.10. The molecule has 1 aliphatic carbocycles. The third-order valence-electron chi connectivity index (χ3n) is 6.02. The summed E-state index contributed by atoms with van der Waals surface area (Å²) >= 11 is 3.41. The van der Waals surface area contributed by atoms with Gasteiger partial charge in [-0.05, 0) is 59.4 Å². The minimum absolute atomic E-state index is 0.0686. The van der Waals surface area contributed by atoms with Gasteiger partial charge in [0.05, 0.1) is 0 Å². The Morgan fingerprint density at radius 1 is 1.00 bits per heavy atom. The first-order chi connectivity index (χ1) is 16.8. The predicted octanol–water partition coefficient (Wildman–Crippen LogP) is 5.47. The number of carbonyl (C=O) groups excluding carboxylic acids is 2. The quantitative estimate of drug-likeness (QED) is 0.354. The summed E-state index contributed by atoms with van der Waals surface area (Å²) in [6.45, 7) is 1.98. The number of aryl methyl sites for hydroxylation is 1. The van der Waals surface area contributed by atoms with Crippen molar-refractivity contribution in [2.45, 2.75) is 31.7 Å². The molecule has 4 rings (SSSR count). The number of anilines is 1. The van der Waals surface area contributed by atoms with Crippen molar-refractivity contribution < 1.29 is 24.2 Å². The normalized spacial score (nSPS) is 12.9. The molecule has 2 amide bonds. The van der Waals surface area contributed by atoms with E-state index in [9.17, 15) is 14.4 Å². The van der Waals surface area contributed by atoms with Gasteiger partial charge in [-0.25, -0.2) is 4.79 Å². The van der Waals surface area contributed by atoms with Crippen molar-refractivity contribution in [3.63, 3.8) is 0 Å². The minimum atomic E-state index is -1.06. The number of amides is 2. The summed E-state index contributed by atoms with van der Waals surface area (Å²) in [6.07, 6.45) is -1.12. The largest absolute Gasteiger partial charge is 0.481 e. The van der Waals surface area contributed by atoms with Crippen molar-refractivity contribution in [3.8, 4) is 11.1 Å².